The number of amides is 2. The number of carbonyl (C=O) groups is 2. The molecule has 0 aliphatic carbocycles. The van der Waals surface area contributed by atoms with Crippen molar-refractivity contribution in [2.75, 3.05) is 18.6 Å². The number of anilines is 1. The molecule has 1 N–H and O–H groups in total. The first-order valence-corrected chi connectivity index (χ1v) is 9.53. The van der Waals surface area contributed by atoms with Crippen LogP contribution in [0.1, 0.15) is 11.3 Å². The van der Waals surface area contributed by atoms with Crippen LogP contribution in [0.25, 0.3) is 0 Å². The Balaban J connectivity index is 1.35. The van der Waals surface area contributed by atoms with Crippen LogP contribution in [-0.2, 0) is 20.9 Å². The Labute approximate surface area is 167 Å². The van der Waals surface area contributed by atoms with Gasteiger partial charge in [-0.1, -0.05) is 29.4 Å². The van der Waals surface area contributed by atoms with E-state index in [1.165, 1.54) is 0 Å². The summed E-state index contributed by atoms with van der Waals surface area (Å²) in [5, 5.41) is 6.91. The molecule has 150 valence electrons. The first kappa shape index (κ1) is 17.9. The van der Waals surface area contributed by atoms with Crippen molar-refractivity contribution in [1.29, 1.82) is 0 Å². The third-order valence-electron chi connectivity index (χ3n) is 5.90. The highest BCUT2D eigenvalue weighted by Gasteiger charge is 2.67. The van der Waals surface area contributed by atoms with Crippen molar-refractivity contribution in [2.45, 2.75) is 25.2 Å². The lowest BCUT2D eigenvalue weighted by Gasteiger charge is -2.23. The van der Waals surface area contributed by atoms with E-state index in [1.54, 1.807) is 25.0 Å². The van der Waals surface area contributed by atoms with Crippen LogP contribution in [0, 0.1) is 18.8 Å². The maximum atomic E-state index is 13.2. The molecule has 8 heteroatoms. The second kappa shape index (κ2) is 6.45. The van der Waals surface area contributed by atoms with E-state index >= 15 is 0 Å². The van der Waals surface area contributed by atoms with Gasteiger partial charge >= 0.3 is 0 Å². The summed E-state index contributed by atoms with van der Waals surface area (Å²) in [6.07, 6.45) is 3.41. The van der Waals surface area contributed by atoms with Gasteiger partial charge in [0.25, 0.3) is 0 Å². The number of nitrogens with one attached hydrogen (secondary N) is 1. The van der Waals surface area contributed by atoms with Gasteiger partial charge in [-0.15, -0.1) is 0 Å². The lowest BCUT2D eigenvalue weighted by atomic mass is 9.77. The molecule has 3 aliphatic rings. The highest BCUT2D eigenvalue weighted by Crippen LogP contribution is 2.52. The fourth-order valence-corrected chi connectivity index (χ4v) is 4.56. The molecule has 0 radical (unpaired) electrons. The van der Waals surface area contributed by atoms with Crippen LogP contribution < -0.4 is 15.0 Å². The monoisotopic (exact) mass is 395 g/mol. The lowest BCUT2D eigenvalue weighted by molar-refractivity contribution is -0.132. The van der Waals surface area contributed by atoms with Gasteiger partial charge in [0.1, 0.15) is 17.1 Å². The van der Waals surface area contributed by atoms with E-state index < -0.39 is 23.5 Å². The molecule has 2 aromatic rings. The van der Waals surface area contributed by atoms with Crippen molar-refractivity contribution in [3.8, 4) is 5.75 Å². The quantitative estimate of drug-likeness (QED) is 0.773. The molecule has 8 nitrogen and oxygen atoms in total. The van der Waals surface area contributed by atoms with Crippen molar-refractivity contribution in [2.24, 2.45) is 11.8 Å². The van der Waals surface area contributed by atoms with Crippen LogP contribution in [0.15, 0.2) is 47.0 Å². The van der Waals surface area contributed by atoms with Crippen molar-refractivity contribution >= 4 is 17.6 Å². The SMILES string of the molecule is COc1cccc(CNC(=O)C2C3C=CC4(CN(c5cc(C)on5)C(=O)C24)O3)c1. The largest absolute Gasteiger partial charge is 0.497 e. The van der Waals surface area contributed by atoms with Crippen LogP contribution in [-0.4, -0.2) is 42.3 Å². The third kappa shape index (κ3) is 2.74. The van der Waals surface area contributed by atoms with Crippen LogP contribution in [0.4, 0.5) is 5.82 Å². The molecule has 2 fully saturated rings. The van der Waals surface area contributed by atoms with E-state index in [0.29, 0.717) is 24.7 Å². The third-order valence-corrected chi connectivity index (χ3v) is 5.90. The zero-order valence-corrected chi connectivity index (χ0v) is 16.1. The van der Waals surface area contributed by atoms with Gasteiger partial charge in [0.05, 0.1) is 31.6 Å². The zero-order chi connectivity index (χ0) is 20.2. The first-order chi connectivity index (χ1) is 14.0. The van der Waals surface area contributed by atoms with E-state index in [9.17, 15) is 9.59 Å². The smallest absolute Gasteiger partial charge is 0.235 e. The number of nitrogens with zero attached hydrogens (tertiary/aromatic N) is 2. The van der Waals surface area contributed by atoms with Crippen LogP contribution >= 0.6 is 0 Å². The number of methoxy groups -OCH3 is 1. The van der Waals surface area contributed by atoms with Gasteiger partial charge in [0.2, 0.25) is 11.8 Å². The standard InChI is InChI=1S/C21H21N3O5/c1-12-8-16(23-29-12)24-11-21-7-6-15(28-21)17(18(21)20(24)26)19(25)22-10-13-4-3-5-14(9-13)27-2/h3-9,15,17-18H,10-11H2,1-2H3,(H,22,25). The van der Waals surface area contributed by atoms with E-state index in [0.717, 1.165) is 11.3 Å². The summed E-state index contributed by atoms with van der Waals surface area (Å²) in [5.74, 6) is 0.303. The minimum absolute atomic E-state index is 0.160. The number of rotatable bonds is 5. The second-order valence-corrected chi connectivity index (χ2v) is 7.69. The number of carbonyl (C=O) groups excluding carboxylic acids is 2. The minimum Gasteiger partial charge on any atom is -0.497 e. The van der Waals surface area contributed by atoms with Crippen LogP contribution in [0.3, 0.4) is 0 Å². The van der Waals surface area contributed by atoms with Gasteiger partial charge in [-0.05, 0) is 24.6 Å². The topological polar surface area (TPSA) is 93.9 Å². The molecular formula is C21H21N3O5. The van der Waals surface area contributed by atoms with E-state index in [2.05, 4.69) is 10.5 Å². The molecule has 2 saturated heterocycles. The van der Waals surface area contributed by atoms with Crippen LogP contribution in [0.5, 0.6) is 5.75 Å². The van der Waals surface area contributed by atoms with E-state index in [1.807, 2.05) is 36.4 Å². The van der Waals surface area contributed by atoms with Gasteiger partial charge in [0, 0.05) is 12.6 Å². The zero-order valence-electron chi connectivity index (χ0n) is 16.1. The Morgan fingerprint density at radius 1 is 1.41 bits per heavy atom. The maximum absolute atomic E-state index is 13.2. The second-order valence-electron chi connectivity index (χ2n) is 7.69. The Hall–Kier alpha value is -3.13. The van der Waals surface area contributed by atoms with Gasteiger partial charge < -0.3 is 19.3 Å². The fourth-order valence-electron chi connectivity index (χ4n) is 4.56. The highest BCUT2D eigenvalue weighted by molar-refractivity contribution is 6.02. The summed E-state index contributed by atoms with van der Waals surface area (Å²) >= 11 is 0. The summed E-state index contributed by atoms with van der Waals surface area (Å²) in [4.78, 5) is 27.8. The maximum Gasteiger partial charge on any atom is 0.235 e. The highest BCUT2D eigenvalue weighted by atomic mass is 16.5. The molecule has 1 aromatic carbocycles. The average molecular weight is 395 g/mol. The Morgan fingerprint density at radius 2 is 2.28 bits per heavy atom. The molecule has 5 rings (SSSR count). The summed E-state index contributed by atoms with van der Waals surface area (Å²) in [6.45, 7) is 2.45. The Kier molecular flexibility index (Phi) is 3.99. The van der Waals surface area contributed by atoms with Crippen molar-refractivity contribution in [3.05, 3.63) is 53.8 Å². The fraction of sp³-hybridized carbons (Fsp3) is 0.381. The normalized spacial score (nSPS) is 29.4. The number of ether oxygens (including phenoxy) is 2. The van der Waals surface area contributed by atoms with Gasteiger partial charge in [-0.3, -0.25) is 14.5 Å². The lowest BCUT2D eigenvalue weighted by Crippen LogP contribution is -2.44. The minimum atomic E-state index is -0.785. The van der Waals surface area contributed by atoms with Gasteiger partial charge in [-0.2, -0.15) is 0 Å². The number of aromatic nitrogens is 1. The van der Waals surface area contributed by atoms with Crippen molar-refractivity contribution in [3.63, 3.8) is 0 Å². The molecule has 4 unspecified atom stereocenters. The molecule has 4 atom stereocenters. The Morgan fingerprint density at radius 3 is 3.03 bits per heavy atom. The molecule has 4 heterocycles. The predicted octanol–water partition coefficient (Wildman–Crippen LogP) is 1.59. The number of hydrogen-bond donors (Lipinski definition) is 1. The number of benzene rings is 1. The predicted molar refractivity (Wildman–Crippen MR) is 102 cm³/mol. The molecular weight excluding hydrogens is 374 g/mol. The van der Waals surface area contributed by atoms with Crippen molar-refractivity contribution in [1.82, 2.24) is 10.5 Å². The summed E-state index contributed by atoms with van der Waals surface area (Å²) < 4.78 is 16.5. The van der Waals surface area contributed by atoms with E-state index in [-0.39, 0.29) is 11.8 Å². The molecule has 1 spiro atoms. The molecule has 0 saturated carbocycles. The summed E-state index contributed by atoms with van der Waals surface area (Å²) in [7, 11) is 1.60. The van der Waals surface area contributed by atoms with Crippen molar-refractivity contribution < 1.29 is 23.6 Å². The number of fused-ring (bicyclic) bond motifs is 1. The van der Waals surface area contributed by atoms with Crippen LogP contribution in [0.2, 0.25) is 0 Å². The summed E-state index contributed by atoms with van der Waals surface area (Å²) in [5.41, 5.74) is 0.136. The summed E-state index contributed by atoms with van der Waals surface area (Å²) in [6, 6.07) is 9.22. The molecule has 29 heavy (non-hydrogen) atoms. The number of aryl methyl sites for hydroxylation is 1. The van der Waals surface area contributed by atoms with E-state index in [4.69, 9.17) is 14.0 Å². The first-order valence-electron chi connectivity index (χ1n) is 9.53. The molecule has 3 aliphatic heterocycles. The number of hydrogen-bond acceptors (Lipinski definition) is 6. The molecule has 2 amide bonds. The average Bonchev–Trinajstić information content (AvgIpc) is 3.47. The Bertz CT molecular complexity index is 1020. The molecule has 1 aromatic heterocycles. The molecule has 2 bridgehead atoms. The van der Waals surface area contributed by atoms with Gasteiger partial charge in [-0.25, -0.2) is 0 Å². The van der Waals surface area contributed by atoms with Gasteiger partial charge in [0.15, 0.2) is 5.82 Å².